The second kappa shape index (κ2) is 9.08. The maximum Gasteiger partial charge on any atom is 0.276 e. The summed E-state index contributed by atoms with van der Waals surface area (Å²) in [4.78, 5) is 33.5. The standard InChI is InChI=1S/C16H14N4O5S/c21-14(10-25-13-8-6-12(7-9-13)20(23)24)18-19-16(26)17-15(22)11-4-2-1-3-5-11/h1-9H,10H2,(H,18,21)(H2,17,19,22,26). The van der Waals surface area contributed by atoms with Crippen molar-refractivity contribution >= 4 is 34.8 Å². The quantitative estimate of drug-likeness (QED) is 0.410. The number of rotatable bonds is 5. The van der Waals surface area contributed by atoms with Gasteiger partial charge in [-0.1, -0.05) is 18.2 Å². The first-order valence-corrected chi connectivity index (χ1v) is 7.69. The molecule has 2 amide bonds. The lowest BCUT2D eigenvalue weighted by molar-refractivity contribution is -0.384. The Morgan fingerprint density at radius 3 is 2.31 bits per heavy atom. The molecule has 2 aromatic carbocycles. The van der Waals surface area contributed by atoms with Crippen molar-refractivity contribution in [1.82, 2.24) is 16.2 Å². The average molecular weight is 374 g/mol. The number of benzene rings is 2. The van der Waals surface area contributed by atoms with Crippen LogP contribution in [0.2, 0.25) is 0 Å². The minimum Gasteiger partial charge on any atom is -0.484 e. The fourth-order valence-electron chi connectivity index (χ4n) is 1.77. The number of hydrogen-bond acceptors (Lipinski definition) is 6. The number of nitrogens with one attached hydrogen (secondary N) is 3. The molecule has 9 nitrogen and oxygen atoms in total. The molecule has 26 heavy (non-hydrogen) atoms. The molecule has 0 radical (unpaired) electrons. The molecule has 0 atom stereocenters. The number of hydrogen-bond donors (Lipinski definition) is 3. The van der Waals surface area contributed by atoms with Crippen LogP contribution in [0.4, 0.5) is 5.69 Å². The first kappa shape index (κ1) is 18.8. The van der Waals surface area contributed by atoms with Crippen molar-refractivity contribution in [3.05, 3.63) is 70.3 Å². The molecule has 2 aromatic rings. The van der Waals surface area contributed by atoms with Gasteiger partial charge in [-0.05, 0) is 36.5 Å². The number of thiocarbonyl (C=S) groups is 1. The SMILES string of the molecule is O=C(COc1ccc([N+](=O)[O-])cc1)NNC(=S)NC(=O)c1ccccc1. The van der Waals surface area contributed by atoms with Crippen LogP contribution >= 0.6 is 12.2 Å². The van der Waals surface area contributed by atoms with Crippen molar-refractivity contribution in [2.45, 2.75) is 0 Å². The number of nitro groups is 1. The van der Waals surface area contributed by atoms with Crippen molar-refractivity contribution in [3.8, 4) is 5.75 Å². The molecule has 0 aliphatic heterocycles. The van der Waals surface area contributed by atoms with Crippen molar-refractivity contribution < 1.29 is 19.2 Å². The Kier molecular flexibility index (Phi) is 6.57. The number of hydrazine groups is 1. The highest BCUT2D eigenvalue weighted by Crippen LogP contribution is 2.16. The number of nitro benzene ring substituents is 1. The van der Waals surface area contributed by atoms with Gasteiger partial charge in [0.2, 0.25) is 0 Å². The van der Waals surface area contributed by atoms with Crippen LogP contribution in [0.3, 0.4) is 0 Å². The summed E-state index contributed by atoms with van der Waals surface area (Å²) in [5.41, 5.74) is 4.98. The predicted molar refractivity (Wildman–Crippen MR) is 96.4 cm³/mol. The normalized spacial score (nSPS) is 9.69. The summed E-state index contributed by atoms with van der Waals surface area (Å²) in [6.45, 7) is -0.347. The van der Waals surface area contributed by atoms with Crippen LogP contribution in [0.15, 0.2) is 54.6 Å². The molecule has 134 valence electrons. The Morgan fingerprint density at radius 1 is 1.04 bits per heavy atom. The van der Waals surface area contributed by atoms with Crippen LogP contribution in [0.5, 0.6) is 5.75 Å². The zero-order valence-corrected chi connectivity index (χ0v) is 14.1. The molecule has 0 spiro atoms. The lowest BCUT2D eigenvalue weighted by atomic mass is 10.2. The van der Waals surface area contributed by atoms with Gasteiger partial charge in [-0.25, -0.2) is 0 Å². The highest BCUT2D eigenvalue weighted by atomic mass is 32.1. The molecule has 0 aliphatic carbocycles. The predicted octanol–water partition coefficient (Wildman–Crippen LogP) is 1.31. The molecule has 0 fully saturated rings. The van der Waals surface area contributed by atoms with Crippen LogP contribution < -0.4 is 20.9 Å². The van der Waals surface area contributed by atoms with Gasteiger partial charge < -0.3 is 4.74 Å². The highest BCUT2D eigenvalue weighted by Gasteiger charge is 2.09. The zero-order chi connectivity index (χ0) is 18.9. The third-order valence-corrected chi connectivity index (χ3v) is 3.20. The smallest absolute Gasteiger partial charge is 0.276 e. The van der Waals surface area contributed by atoms with E-state index in [1.165, 1.54) is 24.3 Å². The van der Waals surface area contributed by atoms with E-state index in [0.717, 1.165) is 0 Å². The van der Waals surface area contributed by atoms with E-state index in [2.05, 4.69) is 16.2 Å². The van der Waals surface area contributed by atoms with Gasteiger partial charge in [0.1, 0.15) is 5.75 Å². The Hall–Kier alpha value is -3.53. The topological polar surface area (TPSA) is 123 Å². The molecule has 0 saturated heterocycles. The molecule has 10 heteroatoms. The molecular weight excluding hydrogens is 360 g/mol. The summed E-state index contributed by atoms with van der Waals surface area (Å²) < 4.78 is 5.18. The van der Waals surface area contributed by atoms with Gasteiger partial charge in [-0.3, -0.25) is 35.9 Å². The van der Waals surface area contributed by atoms with Crippen LogP contribution in [-0.4, -0.2) is 28.5 Å². The summed E-state index contributed by atoms with van der Waals surface area (Å²) in [7, 11) is 0. The number of nitrogens with zero attached hydrogens (tertiary/aromatic N) is 1. The minimum atomic E-state index is -0.556. The Labute approximate surface area is 153 Å². The second-order valence-corrected chi connectivity index (χ2v) is 5.27. The Bertz CT molecular complexity index is 811. The monoisotopic (exact) mass is 374 g/mol. The van der Waals surface area contributed by atoms with Crippen molar-refractivity contribution in [1.29, 1.82) is 0 Å². The van der Waals surface area contributed by atoms with Gasteiger partial charge in [0.25, 0.3) is 17.5 Å². The molecular formula is C16H14N4O5S. The fraction of sp³-hybridized carbons (Fsp3) is 0.0625. The number of carbonyl (C=O) groups excluding carboxylic acids is 2. The zero-order valence-electron chi connectivity index (χ0n) is 13.3. The molecule has 0 aromatic heterocycles. The van der Waals surface area contributed by atoms with Crippen LogP contribution in [0.25, 0.3) is 0 Å². The van der Waals surface area contributed by atoms with E-state index in [1.54, 1.807) is 30.3 Å². The van der Waals surface area contributed by atoms with E-state index in [1.807, 2.05) is 0 Å². The lowest BCUT2D eigenvalue weighted by Crippen LogP contribution is -2.49. The lowest BCUT2D eigenvalue weighted by Gasteiger charge is -2.11. The Morgan fingerprint density at radius 2 is 1.69 bits per heavy atom. The Balaban J connectivity index is 1.71. The van der Waals surface area contributed by atoms with Gasteiger partial charge in [0, 0.05) is 17.7 Å². The van der Waals surface area contributed by atoms with E-state index in [-0.39, 0.29) is 17.4 Å². The molecule has 0 heterocycles. The fourth-order valence-corrected chi connectivity index (χ4v) is 1.92. The average Bonchev–Trinajstić information content (AvgIpc) is 2.65. The van der Waals surface area contributed by atoms with Gasteiger partial charge in [-0.15, -0.1) is 0 Å². The molecule has 0 bridgehead atoms. The van der Waals surface area contributed by atoms with Crippen LogP contribution in [0.1, 0.15) is 10.4 Å². The van der Waals surface area contributed by atoms with Gasteiger partial charge in [0.05, 0.1) is 4.92 Å². The summed E-state index contributed by atoms with van der Waals surface area (Å²) in [6.07, 6.45) is 0. The number of carbonyl (C=O) groups is 2. The largest absolute Gasteiger partial charge is 0.484 e. The number of non-ortho nitro benzene ring substituents is 1. The first-order chi connectivity index (χ1) is 12.5. The maximum absolute atomic E-state index is 11.9. The van der Waals surface area contributed by atoms with E-state index >= 15 is 0 Å². The van der Waals surface area contributed by atoms with E-state index in [4.69, 9.17) is 17.0 Å². The van der Waals surface area contributed by atoms with E-state index in [9.17, 15) is 19.7 Å². The summed E-state index contributed by atoms with van der Waals surface area (Å²) in [5.74, 6) is -0.676. The van der Waals surface area contributed by atoms with Crippen molar-refractivity contribution in [3.63, 3.8) is 0 Å². The van der Waals surface area contributed by atoms with Gasteiger partial charge in [0.15, 0.2) is 11.7 Å². The van der Waals surface area contributed by atoms with Crippen molar-refractivity contribution in [2.75, 3.05) is 6.61 Å². The highest BCUT2D eigenvalue weighted by molar-refractivity contribution is 7.80. The van der Waals surface area contributed by atoms with E-state index < -0.39 is 16.7 Å². The summed E-state index contributed by atoms with van der Waals surface area (Å²) >= 11 is 4.90. The molecule has 0 saturated carbocycles. The van der Waals surface area contributed by atoms with Crippen LogP contribution in [-0.2, 0) is 4.79 Å². The first-order valence-electron chi connectivity index (χ1n) is 7.28. The van der Waals surface area contributed by atoms with Crippen molar-refractivity contribution in [2.24, 2.45) is 0 Å². The van der Waals surface area contributed by atoms with E-state index in [0.29, 0.717) is 11.3 Å². The second-order valence-electron chi connectivity index (χ2n) is 4.86. The number of ether oxygens (including phenoxy) is 1. The van der Waals surface area contributed by atoms with Gasteiger partial charge >= 0.3 is 0 Å². The summed E-state index contributed by atoms with van der Waals surface area (Å²) in [6, 6.07) is 13.7. The molecule has 3 N–H and O–H groups in total. The minimum absolute atomic E-state index is 0.0806. The molecule has 0 aliphatic rings. The third kappa shape index (κ3) is 5.83. The number of amides is 2. The maximum atomic E-state index is 11.9. The molecule has 0 unspecified atom stereocenters. The summed E-state index contributed by atoms with van der Waals surface area (Å²) in [5, 5.41) is 12.9. The van der Waals surface area contributed by atoms with Crippen LogP contribution in [0, 0.1) is 10.1 Å². The third-order valence-electron chi connectivity index (χ3n) is 3.00. The molecule has 2 rings (SSSR count). The van der Waals surface area contributed by atoms with Gasteiger partial charge in [-0.2, -0.15) is 0 Å².